The topological polar surface area (TPSA) is 66.6 Å². The zero-order valence-electron chi connectivity index (χ0n) is 8.83. The number of likely N-dealkylation sites (tertiary alicyclic amines) is 1. The summed E-state index contributed by atoms with van der Waals surface area (Å²) in [6.45, 7) is 2.34. The van der Waals surface area contributed by atoms with Gasteiger partial charge < -0.3 is 5.11 Å². The van der Waals surface area contributed by atoms with Gasteiger partial charge in [-0.15, -0.1) is 0 Å². The fourth-order valence-corrected chi connectivity index (χ4v) is 2.81. The first-order valence-electron chi connectivity index (χ1n) is 5.28. The van der Waals surface area contributed by atoms with Crippen LogP contribution in [0.25, 0.3) is 0 Å². The minimum Gasteiger partial charge on any atom is -0.392 e. The average molecular weight is 242 g/mol. The molecule has 0 aliphatic carbocycles. The van der Waals surface area contributed by atoms with Crippen molar-refractivity contribution in [1.82, 2.24) is 4.90 Å². The number of hydrogen-bond acceptors (Lipinski definition) is 5. The maximum absolute atomic E-state index is 10.5. The van der Waals surface area contributed by atoms with Gasteiger partial charge in [-0.25, -0.2) is 0 Å². The molecule has 5 nitrogen and oxygen atoms in total. The number of nitrogens with zero attached hydrogens (tertiary/aromatic N) is 2. The molecule has 1 aliphatic rings. The molecule has 2 rings (SSSR count). The summed E-state index contributed by atoms with van der Waals surface area (Å²) in [5.41, 5.74) is 0. The smallest absolute Gasteiger partial charge is 0.324 e. The van der Waals surface area contributed by atoms with Gasteiger partial charge in [-0.2, -0.15) is 0 Å². The van der Waals surface area contributed by atoms with Crippen molar-refractivity contribution in [2.24, 2.45) is 0 Å². The van der Waals surface area contributed by atoms with E-state index in [0.717, 1.165) is 24.3 Å². The van der Waals surface area contributed by atoms with Crippen molar-refractivity contribution in [3.05, 3.63) is 27.1 Å². The van der Waals surface area contributed by atoms with Crippen LogP contribution in [-0.4, -0.2) is 34.1 Å². The van der Waals surface area contributed by atoms with Crippen LogP contribution in [-0.2, 0) is 6.54 Å². The highest BCUT2D eigenvalue weighted by Gasteiger charge is 2.19. The standard InChI is InChI=1S/C10H14N2O3S/c13-8-2-1-5-11(6-8)7-9-3-4-10(16-9)12(14)15/h3-4,8,13H,1-2,5-7H2. The molecule has 1 aromatic heterocycles. The summed E-state index contributed by atoms with van der Waals surface area (Å²) in [4.78, 5) is 13.3. The third-order valence-electron chi connectivity index (χ3n) is 2.69. The van der Waals surface area contributed by atoms with Gasteiger partial charge in [0.1, 0.15) is 0 Å². The summed E-state index contributed by atoms with van der Waals surface area (Å²) in [6, 6.07) is 3.34. The van der Waals surface area contributed by atoms with Crippen LogP contribution in [0.3, 0.4) is 0 Å². The molecule has 1 fully saturated rings. The molecule has 2 heterocycles. The second kappa shape index (κ2) is 4.90. The second-order valence-electron chi connectivity index (χ2n) is 4.03. The van der Waals surface area contributed by atoms with E-state index >= 15 is 0 Å². The quantitative estimate of drug-likeness (QED) is 0.646. The molecule has 0 amide bonds. The van der Waals surface area contributed by atoms with Crippen molar-refractivity contribution in [3.63, 3.8) is 0 Å². The van der Waals surface area contributed by atoms with Crippen LogP contribution in [0.5, 0.6) is 0 Å². The molecule has 0 aromatic carbocycles. The molecular weight excluding hydrogens is 228 g/mol. The molecule has 0 spiro atoms. The van der Waals surface area contributed by atoms with Crippen LogP contribution in [0, 0.1) is 10.1 Å². The highest BCUT2D eigenvalue weighted by molar-refractivity contribution is 7.15. The minimum absolute atomic E-state index is 0.188. The van der Waals surface area contributed by atoms with Crippen LogP contribution in [0.15, 0.2) is 12.1 Å². The Balaban J connectivity index is 1.95. The van der Waals surface area contributed by atoms with Gasteiger partial charge in [0.15, 0.2) is 0 Å². The van der Waals surface area contributed by atoms with Crippen molar-refractivity contribution in [2.45, 2.75) is 25.5 Å². The van der Waals surface area contributed by atoms with Gasteiger partial charge in [-0.3, -0.25) is 15.0 Å². The van der Waals surface area contributed by atoms with Crippen molar-refractivity contribution in [2.75, 3.05) is 13.1 Å². The van der Waals surface area contributed by atoms with E-state index < -0.39 is 0 Å². The van der Waals surface area contributed by atoms with E-state index in [-0.39, 0.29) is 16.0 Å². The molecule has 1 atom stereocenters. The van der Waals surface area contributed by atoms with E-state index in [1.165, 1.54) is 11.3 Å². The SMILES string of the molecule is O=[N+]([O-])c1ccc(CN2CCCC(O)C2)s1. The summed E-state index contributed by atoms with van der Waals surface area (Å²) < 4.78 is 0. The first-order chi connectivity index (χ1) is 7.65. The Bertz CT molecular complexity index is 380. The molecule has 1 unspecified atom stereocenters. The van der Waals surface area contributed by atoms with E-state index in [9.17, 15) is 15.2 Å². The lowest BCUT2D eigenvalue weighted by Crippen LogP contribution is -2.37. The number of nitro groups is 1. The zero-order valence-corrected chi connectivity index (χ0v) is 9.65. The maximum Gasteiger partial charge on any atom is 0.324 e. The van der Waals surface area contributed by atoms with E-state index in [1.54, 1.807) is 12.1 Å². The van der Waals surface area contributed by atoms with Crippen LogP contribution in [0.1, 0.15) is 17.7 Å². The molecule has 1 aliphatic heterocycles. The summed E-state index contributed by atoms with van der Waals surface area (Å²) in [6.07, 6.45) is 1.61. The highest BCUT2D eigenvalue weighted by atomic mass is 32.1. The summed E-state index contributed by atoms with van der Waals surface area (Å²) >= 11 is 1.21. The number of aliphatic hydroxyl groups is 1. The molecule has 0 radical (unpaired) electrons. The van der Waals surface area contributed by atoms with Gasteiger partial charge in [0.25, 0.3) is 0 Å². The normalized spacial score (nSPS) is 22.2. The third-order valence-corrected chi connectivity index (χ3v) is 3.71. The van der Waals surface area contributed by atoms with Crippen LogP contribution < -0.4 is 0 Å². The minimum atomic E-state index is -0.362. The lowest BCUT2D eigenvalue weighted by atomic mass is 10.1. The van der Waals surface area contributed by atoms with Crippen LogP contribution >= 0.6 is 11.3 Å². The fraction of sp³-hybridized carbons (Fsp3) is 0.600. The summed E-state index contributed by atoms with van der Waals surface area (Å²) in [5.74, 6) is 0. The van der Waals surface area contributed by atoms with Gasteiger partial charge in [0, 0.05) is 24.0 Å². The summed E-state index contributed by atoms with van der Waals surface area (Å²) in [7, 11) is 0. The molecule has 6 heteroatoms. The number of aliphatic hydroxyl groups excluding tert-OH is 1. The van der Waals surface area contributed by atoms with Gasteiger partial charge in [0.05, 0.1) is 11.0 Å². The van der Waals surface area contributed by atoms with Gasteiger partial charge in [0.2, 0.25) is 0 Å². The zero-order chi connectivity index (χ0) is 11.5. The van der Waals surface area contributed by atoms with Crippen LogP contribution in [0.2, 0.25) is 0 Å². The number of β-amino-alcohol motifs (C(OH)–C–C–N with tert-alkyl or cyclic N) is 1. The Kier molecular flexibility index (Phi) is 3.52. The van der Waals surface area contributed by atoms with Gasteiger partial charge >= 0.3 is 5.00 Å². The predicted molar refractivity (Wildman–Crippen MR) is 61.5 cm³/mol. The third kappa shape index (κ3) is 2.78. The van der Waals surface area contributed by atoms with Gasteiger partial charge in [-0.1, -0.05) is 11.3 Å². The number of thiophene rings is 1. The van der Waals surface area contributed by atoms with E-state index in [0.29, 0.717) is 13.1 Å². The van der Waals surface area contributed by atoms with Gasteiger partial charge in [-0.05, 0) is 25.5 Å². The first kappa shape index (κ1) is 11.5. The van der Waals surface area contributed by atoms with E-state index in [4.69, 9.17) is 0 Å². The molecule has 88 valence electrons. The highest BCUT2D eigenvalue weighted by Crippen LogP contribution is 2.25. The monoisotopic (exact) mass is 242 g/mol. The van der Waals surface area contributed by atoms with Crippen LogP contribution in [0.4, 0.5) is 5.00 Å². The Morgan fingerprint density at radius 2 is 2.44 bits per heavy atom. The number of rotatable bonds is 3. The molecule has 1 saturated heterocycles. The molecular formula is C10H14N2O3S. The Morgan fingerprint density at radius 3 is 3.06 bits per heavy atom. The molecule has 1 N–H and O–H groups in total. The van der Waals surface area contributed by atoms with Crippen molar-refractivity contribution < 1.29 is 10.0 Å². The largest absolute Gasteiger partial charge is 0.392 e. The number of hydrogen-bond donors (Lipinski definition) is 1. The molecule has 16 heavy (non-hydrogen) atoms. The second-order valence-corrected chi connectivity index (χ2v) is 5.18. The molecule has 0 bridgehead atoms. The van der Waals surface area contributed by atoms with Crippen molar-refractivity contribution in [1.29, 1.82) is 0 Å². The average Bonchev–Trinajstić information content (AvgIpc) is 2.66. The Morgan fingerprint density at radius 1 is 1.62 bits per heavy atom. The number of piperidine rings is 1. The van der Waals surface area contributed by atoms with E-state index in [2.05, 4.69) is 4.90 Å². The first-order valence-corrected chi connectivity index (χ1v) is 6.10. The van der Waals surface area contributed by atoms with Crippen molar-refractivity contribution >= 4 is 16.3 Å². The molecule has 1 aromatic rings. The Hall–Kier alpha value is -0.980. The lowest BCUT2D eigenvalue weighted by Gasteiger charge is -2.29. The Labute approximate surface area is 97.5 Å². The van der Waals surface area contributed by atoms with E-state index in [1.807, 2.05) is 0 Å². The maximum atomic E-state index is 10.5. The lowest BCUT2D eigenvalue weighted by molar-refractivity contribution is -0.380. The predicted octanol–water partition coefficient (Wildman–Crippen LogP) is 1.61. The summed E-state index contributed by atoms with van der Waals surface area (Å²) in [5, 5.41) is 20.2. The molecule has 0 saturated carbocycles. The van der Waals surface area contributed by atoms with Crippen molar-refractivity contribution in [3.8, 4) is 0 Å². The fourth-order valence-electron chi connectivity index (χ4n) is 1.94.